The van der Waals surface area contributed by atoms with Crippen molar-refractivity contribution in [3.05, 3.63) is 101 Å². The van der Waals surface area contributed by atoms with Gasteiger partial charge in [0, 0.05) is 11.6 Å². The topological polar surface area (TPSA) is 101 Å². The molecule has 0 heterocycles. The number of nitrogens with zero attached hydrogens (tertiary/aromatic N) is 1. The van der Waals surface area contributed by atoms with Gasteiger partial charge in [0.1, 0.15) is 6.04 Å². The molecular formula is C25H27ClN2O4S. The van der Waals surface area contributed by atoms with E-state index in [1.807, 2.05) is 12.1 Å². The smallest absolute Gasteiger partial charge is 0.244 e. The molecule has 33 heavy (non-hydrogen) atoms. The first-order valence-electron chi connectivity index (χ1n) is 10.4. The molecule has 0 aliphatic rings. The first-order valence-corrected chi connectivity index (χ1v) is 12.3. The summed E-state index contributed by atoms with van der Waals surface area (Å²) in [6, 6.07) is 20.5. The number of hydrogen-bond acceptors (Lipinski definition) is 4. The highest BCUT2D eigenvalue weighted by Gasteiger charge is 2.35. The summed E-state index contributed by atoms with van der Waals surface area (Å²) >= 11 is 5.94. The Morgan fingerprint density at radius 3 is 2.09 bits per heavy atom. The van der Waals surface area contributed by atoms with Crippen molar-refractivity contribution in [1.29, 1.82) is 0 Å². The normalized spacial score (nSPS) is 13.1. The van der Waals surface area contributed by atoms with E-state index in [1.165, 1.54) is 24.3 Å². The Labute approximate surface area is 199 Å². The maximum atomic E-state index is 13.6. The van der Waals surface area contributed by atoms with E-state index in [-0.39, 0.29) is 11.4 Å². The Kier molecular flexibility index (Phi) is 7.59. The summed E-state index contributed by atoms with van der Waals surface area (Å²) in [5.41, 5.74) is 6.82. The fraction of sp³-hybridized carbons (Fsp3) is 0.240. The minimum atomic E-state index is -4.08. The van der Waals surface area contributed by atoms with E-state index in [4.69, 9.17) is 17.3 Å². The standard InChI is InChI=1S/C25H27ClN2O4S/c1-25(2,30)20-10-8-18(9-11-20)16-17-28(23(24(27)29)19-6-4-3-5-7-19)33(31,32)22-14-12-21(26)13-15-22/h3-15,23,30H,16-17H2,1-2H3,(H2,27,29)/t23-/m1/s1. The molecule has 3 aromatic carbocycles. The average Bonchev–Trinajstić information content (AvgIpc) is 2.76. The number of primary amides is 1. The van der Waals surface area contributed by atoms with Crippen LogP contribution in [0.5, 0.6) is 0 Å². The van der Waals surface area contributed by atoms with Crippen molar-refractivity contribution in [2.24, 2.45) is 5.73 Å². The first-order chi connectivity index (χ1) is 15.5. The minimum Gasteiger partial charge on any atom is -0.386 e. The molecule has 8 heteroatoms. The largest absolute Gasteiger partial charge is 0.386 e. The highest BCUT2D eigenvalue weighted by atomic mass is 35.5. The van der Waals surface area contributed by atoms with Gasteiger partial charge >= 0.3 is 0 Å². The molecule has 0 unspecified atom stereocenters. The van der Waals surface area contributed by atoms with Crippen LogP contribution in [0.4, 0.5) is 0 Å². The van der Waals surface area contributed by atoms with Crippen LogP contribution in [0.15, 0.2) is 83.8 Å². The number of carbonyl (C=O) groups excluding carboxylic acids is 1. The zero-order valence-corrected chi connectivity index (χ0v) is 20.1. The number of sulfonamides is 1. The van der Waals surface area contributed by atoms with Gasteiger partial charge in [-0.1, -0.05) is 66.2 Å². The van der Waals surface area contributed by atoms with Crippen LogP contribution in [0.25, 0.3) is 0 Å². The fourth-order valence-corrected chi connectivity index (χ4v) is 5.27. The van der Waals surface area contributed by atoms with Gasteiger partial charge in [0.15, 0.2) is 0 Å². The second kappa shape index (κ2) is 10.1. The number of nitrogens with two attached hydrogens (primary N) is 1. The summed E-state index contributed by atoms with van der Waals surface area (Å²) in [6.07, 6.45) is 0.343. The number of rotatable bonds is 9. The molecule has 0 saturated heterocycles. The Morgan fingerprint density at radius 2 is 1.58 bits per heavy atom. The van der Waals surface area contributed by atoms with E-state index in [0.717, 1.165) is 15.4 Å². The third-order valence-electron chi connectivity index (χ3n) is 5.37. The van der Waals surface area contributed by atoms with Crippen molar-refractivity contribution in [3.63, 3.8) is 0 Å². The van der Waals surface area contributed by atoms with E-state index in [2.05, 4.69) is 0 Å². The van der Waals surface area contributed by atoms with Gasteiger partial charge in [0.05, 0.1) is 10.5 Å². The van der Waals surface area contributed by atoms with Gasteiger partial charge in [0.2, 0.25) is 15.9 Å². The van der Waals surface area contributed by atoms with Crippen LogP contribution >= 0.6 is 11.6 Å². The molecule has 0 fully saturated rings. The first kappa shape index (κ1) is 24.9. The van der Waals surface area contributed by atoms with Crippen molar-refractivity contribution in [1.82, 2.24) is 4.31 Å². The third kappa shape index (κ3) is 6.00. The van der Waals surface area contributed by atoms with E-state index in [1.54, 1.807) is 56.3 Å². The van der Waals surface area contributed by atoms with Gasteiger partial charge in [-0.05, 0) is 61.2 Å². The summed E-state index contributed by atoms with van der Waals surface area (Å²) in [5, 5.41) is 10.6. The van der Waals surface area contributed by atoms with Crippen LogP contribution in [0, 0.1) is 0 Å². The van der Waals surface area contributed by atoms with Crippen LogP contribution in [0.3, 0.4) is 0 Å². The molecule has 0 aliphatic carbocycles. The van der Waals surface area contributed by atoms with Crippen molar-refractivity contribution in [2.45, 2.75) is 36.8 Å². The lowest BCUT2D eigenvalue weighted by atomic mass is 9.97. The predicted octanol–water partition coefficient (Wildman–Crippen LogP) is 4.03. The Balaban J connectivity index is 1.99. The molecular weight excluding hydrogens is 460 g/mol. The van der Waals surface area contributed by atoms with Crippen molar-refractivity contribution in [2.75, 3.05) is 6.54 Å². The number of hydrogen-bond donors (Lipinski definition) is 2. The van der Waals surface area contributed by atoms with E-state index >= 15 is 0 Å². The summed E-state index contributed by atoms with van der Waals surface area (Å²) < 4.78 is 28.4. The van der Waals surface area contributed by atoms with Crippen LogP contribution in [-0.2, 0) is 26.8 Å². The zero-order chi connectivity index (χ0) is 24.2. The Hall–Kier alpha value is -2.71. The molecule has 1 atom stereocenters. The number of aliphatic hydroxyl groups is 1. The summed E-state index contributed by atoms with van der Waals surface area (Å²) in [7, 11) is -4.08. The highest BCUT2D eigenvalue weighted by molar-refractivity contribution is 7.89. The Morgan fingerprint density at radius 1 is 1.00 bits per heavy atom. The molecule has 6 nitrogen and oxygen atoms in total. The highest BCUT2D eigenvalue weighted by Crippen LogP contribution is 2.29. The third-order valence-corrected chi connectivity index (χ3v) is 7.50. The van der Waals surface area contributed by atoms with E-state index in [0.29, 0.717) is 17.0 Å². The molecule has 3 aromatic rings. The second-order valence-corrected chi connectivity index (χ2v) is 10.6. The molecule has 0 radical (unpaired) electrons. The van der Waals surface area contributed by atoms with Gasteiger partial charge in [-0.25, -0.2) is 8.42 Å². The second-order valence-electron chi connectivity index (χ2n) is 8.29. The number of halogens is 1. The maximum absolute atomic E-state index is 13.6. The van der Waals surface area contributed by atoms with Crippen LogP contribution in [-0.4, -0.2) is 30.3 Å². The number of carbonyl (C=O) groups is 1. The lowest BCUT2D eigenvalue weighted by Crippen LogP contribution is -2.42. The molecule has 3 rings (SSSR count). The van der Waals surface area contributed by atoms with Crippen LogP contribution in [0.2, 0.25) is 5.02 Å². The summed E-state index contributed by atoms with van der Waals surface area (Å²) in [6.45, 7) is 3.41. The molecule has 0 aliphatic heterocycles. The van der Waals surface area contributed by atoms with Crippen LogP contribution in [0.1, 0.15) is 36.6 Å². The average molecular weight is 487 g/mol. The van der Waals surface area contributed by atoms with Crippen molar-refractivity contribution in [3.8, 4) is 0 Å². The molecule has 3 N–H and O–H groups in total. The lowest BCUT2D eigenvalue weighted by molar-refractivity contribution is -0.121. The van der Waals surface area contributed by atoms with Gasteiger partial charge < -0.3 is 10.8 Å². The van der Waals surface area contributed by atoms with Crippen molar-refractivity contribution < 1.29 is 18.3 Å². The molecule has 174 valence electrons. The fourth-order valence-electron chi connectivity index (χ4n) is 3.56. The molecule has 0 bridgehead atoms. The Bertz CT molecular complexity index is 1190. The van der Waals surface area contributed by atoms with Gasteiger partial charge in [-0.2, -0.15) is 4.31 Å². The minimum absolute atomic E-state index is 0.0199. The molecule has 1 amide bonds. The van der Waals surface area contributed by atoms with E-state index in [9.17, 15) is 18.3 Å². The van der Waals surface area contributed by atoms with Crippen molar-refractivity contribution >= 4 is 27.5 Å². The molecule has 0 saturated carbocycles. The quantitative estimate of drug-likeness (QED) is 0.476. The van der Waals surface area contributed by atoms with E-state index < -0.39 is 27.6 Å². The SMILES string of the molecule is CC(C)(O)c1ccc(CCN([C@@H](C(N)=O)c2ccccc2)S(=O)(=O)c2ccc(Cl)cc2)cc1. The van der Waals surface area contributed by atoms with Crippen LogP contribution < -0.4 is 5.73 Å². The summed E-state index contributed by atoms with van der Waals surface area (Å²) in [4.78, 5) is 12.5. The monoisotopic (exact) mass is 486 g/mol. The number of benzene rings is 3. The summed E-state index contributed by atoms with van der Waals surface area (Å²) in [5.74, 6) is -0.767. The van der Waals surface area contributed by atoms with Gasteiger partial charge in [-0.15, -0.1) is 0 Å². The zero-order valence-electron chi connectivity index (χ0n) is 18.5. The predicted molar refractivity (Wildman–Crippen MR) is 129 cm³/mol. The molecule has 0 spiro atoms. The lowest BCUT2D eigenvalue weighted by Gasteiger charge is -2.29. The maximum Gasteiger partial charge on any atom is 0.244 e. The van der Waals surface area contributed by atoms with Gasteiger partial charge in [-0.3, -0.25) is 4.79 Å². The molecule has 0 aromatic heterocycles. The number of amides is 1. The van der Waals surface area contributed by atoms with Gasteiger partial charge in [0.25, 0.3) is 0 Å².